The average molecular weight is 290 g/mol. The lowest BCUT2D eigenvalue weighted by Gasteiger charge is -2.29. The van der Waals surface area contributed by atoms with Crippen LogP contribution < -0.4 is 11.5 Å². The van der Waals surface area contributed by atoms with Crippen molar-refractivity contribution >= 4 is 11.8 Å². The molecule has 0 aromatic heterocycles. The third-order valence-corrected chi connectivity index (χ3v) is 4.18. The minimum Gasteiger partial charge on any atom is -0.480 e. The topological polar surface area (TPSA) is 106 Å². The number of ketones is 1. The normalized spacial score (nSPS) is 23.5. The highest BCUT2D eigenvalue weighted by Crippen LogP contribution is 2.32. The smallest absolute Gasteiger partial charge is 0.320 e. The summed E-state index contributed by atoms with van der Waals surface area (Å²) in [5, 5.41) is 8.78. The molecule has 5 N–H and O–H groups in total. The van der Waals surface area contributed by atoms with Gasteiger partial charge in [0.15, 0.2) is 5.78 Å². The maximum Gasteiger partial charge on any atom is 0.320 e. The summed E-state index contributed by atoms with van der Waals surface area (Å²) in [6, 6.07) is 6.34. The molecule has 0 bridgehead atoms. The zero-order valence-electron chi connectivity index (χ0n) is 12.0. The Labute approximate surface area is 124 Å². The maximum atomic E-state index is 12.1. The largest absolute Gasteiger partial charge is 0.480 e. The van der Waals surface area contributed by atoms with Gasteiger partial charge in [-0.05, 0) is 30.4 Å². The number of Topliss-reactive ketones (excluding diaryl/α,β-unsaturated/α-hetero) is 1. The molecule has 0 amide bonds. The van der Waals surface area contributed by atoms with Crippen LogP contribution in [-0.2, 0) is 4.79 Å². The molecule has 3 unspecified atom stereocenters. The molecule has 21 heavy (non-hydrogen) atoms. The summed E-state index contributed by atoms with van der Waals surface area (Å²) in [5.41, 5.74) is 13.2. The molecule has 1 aromatic rings. The molecule has 0 aliphatic heterocycles. The van der Waals surface area contributed by atoms with Crippen molar-refractivity contribution in [3.8, 4) is 0 Å². The Hall–Kier alpha value is -1.72. The van der Waals surface area contributed by atoms with E-state index in [1.54, 1.807) is 6.07 Å². The Morgan fingerprint density at radius 3 is 2.67 bits per heavy atom. The average Bonchev–Trinajstić information content (AvgIpc) is 2.47. The number of carboxylic acid groups (broad SMARTS) is 1. The van der Waals surface area contributed by atoms with E-state index in [4.69, 9.17) is 16.6 Å². The summed E-state index contributed by atoms with van der Waals surface area (Å²) in [6.07, 6.45) is 4.17. The first-order valence-corrected chi connectivity index (χ1v) is 7.36. The monoisotopic (exact) mass is 290 g/mol. The standard InChI is InChI=1S/C16H22N2O3/c17-13-7-2-1-6-12(13)10-4-3-5-11(8-10)15(19)9-14(18)16(20)21/h3-5,8,12-14H,1-2,6-7,9,17-18H2,(H,20,21). The fraction of sp³-hybridized carbons (Fsp3) is 0.500. The molecule has 1 saturated carbocycles. The fourth-order valence-corrected chi connectivity index (χ4v) is 2.92. The lowest BCUT2D eigenvalue weighted by Crippen LogP contribution is -2.33. The molecule has 0 radical (unpaired) electrons. The van der Waals surface area contributed by atoms with Gasteiger partial charge in [0.2, 0.25) is 0 Å². The lowest BCUT2D eigenvalue weighted by molar-refractivity contribution is -0.138. The first kappa shape index (κ1) is 15.7. The van der Waals surface area contributed by atoms with Crippen LogP contribution in [0.15, 0.2) is 24.3 Å². The van der Waals surface area contributed by atoms with Gasteiger partial charge in [-0.3, -0.25) is 9.59 Å². The van der Waals surface area contributed by atoms with Gasteiger partial charge in [-0.25, -0.2) is 0 Å². The number of nitrogens with two attached hydrogens (primary N) is 2. The summed E-state index contributed by atoms with van der Waals surface area (Å²) in [6.45, 7) is 0. The Morgan fingerprint density at radius 2 is 2.00 bits per heavy atom. The molecule has 1 aliphatic rings. The predicted octanol–water partition coefficient (Wildman–Crippen LogP) is 1.66. The number of hydrogen-bond acceptors (Lipinski definition) is 4. The number of carbonyl (C=O) groups excluding carboxylic acids is 1. The number of carbonyl (C=O) groups is 2. The number of aliphatic carboxylic acids is 1. The fourth-order valence-electron chi connectivity index (χ4n) is 2.92. The summed E-state index contributed by atoms with van der Waals surface area (Å²) in [5.74, 6) is -1.12. The molecule has 5 heteroatoms. The van der Waals surface area contributed by atoms with E-state index in [-0.39, 0.29) is 24.2 Å². The second-order valence-electron chi connectivity index (χ2n) is 5.75. The number of benzene rings is 1. The van der Waals surface area contributed by atoms with Crippen molar-refractivity contribution in [3.63, 3.8) is 0 Å². The van der Waals surface area contributed by atoms with Crippen LogP contribution in [0.3, 0.4) is 0 Å². The van der Waals surface area contributed by atoms with Crippen molar-refractivity contribution in [2.75, 3.05) is 0 Å². The van der Waals surface area contributed by atoms with E-state index in [9.17, 15) is 9.59 Å². The van der Waals surface area contributed by atoms with Gasteiger partial charge in [-0.2, -0.15) is 0 Å². The van der Waals surface area contributed by atoms with Crippen LogP contribution in [-0.4, -0.2) is 28.9 Å². The van der Waals surface area contributed by atoms with Crippen LogP contribution >= 0.6 is 0 Å². The first-order chi connectivity index (χ1) is 9.99. The molecule has 1 aliphatic carbocycles. The molecule has 0 heterocycles. The summed E-state index contributed by atoms with van der Waals surface area (Å²) in [7, 11) is 0. The van der Waals surface area contributed by atoms with Gasteiger partial charge in [0.1, 0.15) is 6.04 Å². The zero-order valence-corrected chi connectivity index (χ0v) is 12.0. The van der Waals surface area contributed by atoms with E-state index < -0.39 is 12.0 Å². The van der Waals surface area contributed by atoms with Crippen molar-refractivity contribution in [2.45, 2.75) is 50.1 Å². The molecular formula is C16H22N2O3. The van der Waals surface area contributed by atoms with Crippen molar-refractivity contribution in [2.24, 2.45) is 11.5 Å². The SMILES string of the molecule is NC(CC(=O)c1cccc(C2CCCCC2N)c1)C(=O)O. The number of hydrogen-bond donors (Lipinski definition) is 3. The van der Waals surface area contributed by atoms with Crippen LogP contribution in [0, 0.1) is 0 Å². The Bertz CT molecular complexity index is 530. The quantitative estimate of drug-likeness (QED) is 0.715. The highest BCUT2D eigenvalue weighted by molar-refractivity contribution is 5.98. The molecule has 0 saturated heterocycles. The van der Waals surface area contributed by atoms with Gasteiger partial charge in [0.05, 0.1) is 0 Å². The molecule has 3 atom stereocenters. The third-order valence-electron chi connectivity index (χ3n) is 4.18. The van der Waals surface area contributed by atoms with Crippen molar-refractivity contribution in [3.05, 3.63) is 35.4 Å². The van der Waals surface area contributed by atoms with Crippen LogP contribution in [0.25, 0.3) is 0 Å². The van der Waals surface area contributed by atoms with Gasteiger partial charge in [-0.1, -0.05) is 31.0 Å². The minimum atomic E-state index is -1.16. The van der Waals surface area contributed by atoms with Crippen molar-refractivity contribution < 1.29 is 14.7 Å². The van der Waals surface area contributed by atoms with Crippen molar-refractivity contribution in [1.82, 2.24) is 0 Å². The minimum absolute atomic E-state index is 0.130. The predicted molar refractivity (Wildman–Crippen MR) is 80.2 cm³/mol. The highest BCUT2D eigenvalue weighted by Gasteiger charge is 2.24. The van der Waals surface area contributed by atoms with E-state index in [0.717, 1.165) is 31.2 Å². The Morgan fingerprint density at radius 1 is 1.29 bits per heavy atom. The van der Waals surface area contributed by atoms with Crippen LogP contribution in [0.4, 0.5) is 0 Å². The maximum absolute atomic E-state index is 12.1. The van der Waals surface area contributed by atoms with E-state index in [1.165, 1.54) is 0 Å². The van der Waals surface area contributed by atoms with Gasteiger partial charge in [0, 0.05) is 18.0 Å². The molecule has 1 aromatic carbocycles. The van der Waals surface area contributed by atoms with Gasteiger partial charge < -0.3 is 16.6 Å². The van der Waals surface area contributed by atoms with E-state index in [1.807, 2.05) is 18.2 Å². The van der Waals surface area contributed by atoms with E-state index >= 15 is 0 Å². The Balaban J connectivity index is 2.13. The van der Waals surface area contributed by atoms with Crippen LogP contribution in [0.5, 0.6) is 0 Å². The van der Waals surface area contributed by atoms with E-state index in [2.05, 4.69) is 0 Å². The first-order valence-electron chi connectivity index (χ1n) is 7.36. The number of rotatable bonds is 5. The molecule has 5 nitrogen and oxygen atoms in total. The van der Waals surface area contributed by atoms with Crippen LogP contribution in [0.2, 0.25) is 0 Å². The van der Waals surface area contributed by atoms with Gasteiger partial charge in [0.25, 0.3) is 0 Å². The molecule has 1 fully saturated rings. The number of carboxylic acids is 1. The third kappa shape index (κ3) is 3.89. The van der Waals surface area contributed by atoms with Gasteiger partial charge in [-0.15, -0.1) is 0 Å². The van der Waals surface area contributed by atoms with Gasteiger partial charge >= 0.3 is 5.97 Å². The highest BCUT2D eigenvalue weighted by atomic mass is 16.4. The Kier molecular flexibility index (Phi) is 5.09. The van der Waals surface area contributed by atoms with Crippen LogP contribution in [0.1, 0.15) is 53.9 Å². The summed E-state index contributed by atoms with van der Waals surface area (Å²) >= 11 is 0. The summed E-state index contributed by atoms with van der Waals surface area (Å²) in [4.78, 5) is 22.8. The molecule has 2 rings (SSSR count). The molecule has 114 valence electrons. The second-order valence-corrected chi connectivity index (χ2v) is 5.75. The second kappa shape index (κ2) is 6.83. The zero-order chi connectivity index (χ0) is 15.4. The van der Waals surface area contributed by atoms with Crippen molar-refractivity contribution in [1.29, 1.82) is 0 Å². The summed E-state index contributed by atoms with van der Waals surface area (Å²) < 4.78 is 0. The van der Waals surface area contributed by atoms with E-state index in [0.29, 0.717) is 5.56 Å². The lowest BCUT2D eigenvalue weighted by atomic mass is 9.80. The molecule has 0 spiro atoms. The molecular weight excluding hydrogens is 268 g/mol.